The Morgan fingerprint density at radius 1 is 1.18 bits per heavy atom. The van der Waals surface area contributed by atoms with Gasteiger partial charge in [-0.05, 0) is 53.8 Å². The number of rotatable bonds is 6. The smallest absolute Gasteiger partial charge is 0.227 e. The molecule has 0 bridgehead atoms. The summed E-state index contributed by atoms with van der Waals surface area (Å²) in [5, 5.41) is 5.77. The van der Waals surface area contributed by atoms with E-state index >= 15 is 0 Å². The first-order chi connectivity index (χ1) is 13.4. The van der Waals surface area contributed by atoms with Crippen molar-refractivity contribution in [2.24, 2.45) is 11.8 Å². The molecule has 0 saturated heterocycles. The summed E-state index contributed by atoms with van der Waals surface area (Å²) in [4.78, 5) is 24.5. The second-order valence-electron chi connectivity index (χ2n) is 7.52. The van der Waals surface area contributed by atoms with Crippen LogP contribution in [0.25, 0.3) is 0 Å². The molecule has 0 saturated carbocycles. The zero-order valence-corrected chi connectivity index (χ0v) is 16.1. The summed E-state index contributed by atoms with van der Waals surface area (Å²) >= 11 is 0. The highest BCUT2D eigenvalue weighted by molar-refractivity contribution is 5.91. The Kier molecular flexibility index (Phi) is 6.29. The zero-order chi connectivity index (χ0) is 20.1. The second kappa shape index (κ2) is 8.87. The number of carbonyl (C=O) groups is 2. The summed E-state index contributed by atoms with van der Waals surface area (Å²) in [5.74, 6) is 0.280. The van der Waals surface area contributed by atoms with E-state index in [-0.39, 0.29) is 29.5 Å². The number of nitrogens with one attached hydrogen (secondary N) is 2. The van der Waals surface area contributed by atoms with E-state index in [1.165, 1.54) is 12.1 Å². The maximum atomic E-state index is 13.0. The fraction of sp³-hybridized carbons (Fsp3) is 0.364. The number of anilines is 1. The van der Waals surface area contributed by atoms with Crippen molar-refractivity contribution in [3.63, 3.8) is 0 Å². The van der Waals surface area contributed by atoms with E-state index in [2.05, 4.69) is 10.6 Å². The quantitative estimate of drug-likeness (QED) is 0.798. The molecule has 0 spiro atoms. The third-order valence-electron chi connectivity index (χ3n) is 4.60. The van der Waals surface area contributed by atoms with E-state index < -0.39 is 0 Å². The molecular formula is C22H25FN2O3. The molecule has 0 unspecified atom stereocenters. The van der Waals surface area contributed by atoms with Crippen LogP contribution in [-0.4, -0.2) is 18.4 Å². The summed E-state index contributed by atoms with van der Waals surface area (Å²) in [6.07, 6.45) is 1.00. The number of fused-ring (bicyclic) bond motifs is 1. The van der Waals surface area contributed by atoms with Crippen LogP contribution in [0.3, 0.4) is 0 Å². The van der Waals surface area contributed by atoms with Gasteiger partial charge >= 0.3 is 0 Å². The number of halogens is 1. The third kappa shape index (κ3) is 5.31. The molecule has 1 aliphatic heterocycles. The van der Waals surface area contributed by atoms with E-state index in [1.807, 2.05) is 32.0 Å². The lowest BCUT2D eigenvalue weighted by atomic mass is 9.95. The maximum absolute atomic E-state index is 13.0. The van der Waals surface area contributed by atoms with Crippen LogP contribution in [0.15, 0.2) is 42.5 Å². The number of amides is 2. The number of hydrogen-bond acceptors (Lipinski definition) is 3. The Hall–Kier alpha value is -2.89. The predicted octanol–water partition coefficient (Wildman–Crippen LogP) is 3.68. The van der Waals surface area contributed by atoms with Crippen LogP contribution < -0.4 is 15.4 Å². The topological polar surface area (TPSA) is 67.4 Å². The van der Waals surface area contributed by atoms with Crippen LogP contribution in [0.1, 0.15) is 31.4 Å². The molecule has 1 heterocycles. The minimum atomic E-state index is -0.311. The molecular weight excluding hydrogens is 359 g/mol. The lowest BCUT2D eigenvalue weighted by Gasteiger charge is -2.25. The first-order valence-electron chi connectivity index (χ1n) is 9.48. The average molecular weight is 384 g/mol. The van der Waals surface area contributed by atoms with Crippen LogP contribution in [0.5, 0.6) is 5.75 Å². The predicted molar refractivity (Wildman–Crippen MR) is 105 cm³/mol. The first kappa shape index (κ1) is 19.9. The third-order valence-corrected chi connectivity index (χ3v) is 4.60. The minimum Gasteiger partial charge on any atom is -0.492 e. The molecule has 28 heavy (non-hydrogen) atoms. The maximum Gasteiger partial charge on any atom is 0.227 e. The van der Waals surface area contributed by atoms with Crippen molar-refractivity contribution in [2.75, 3.05) is 11.9 Å². The largest absolute Gasteiger partial charge is 0.492 e. The van der Waals surface area contributed by atoms with Gasteiger partial charge in [-0.3, -0.25) is 9.59 Å². The molecule has 6 heteroatoms. The highest BCUT2D eigenvalue weighted by Gasteiger charge is 2.26. The van der Waals surface area contributed by atoms with Gasteiger partial charge in [0.25, 0.3) is 0 Å². The normalized spacial score (nSPS) is 15.5. The van der Waals surface area contributed by atoms with Crippen molar-refractivity contribution in [1.29, 1.82) is 0 Å². The molecule has 1 aliphatic rings. The molecule has 2 N–H and O–H groups in total. The number of hydrogen-bond donors (Lipinski definition) is 2. The molecule has 3 rings (SSSR count). The molecule has 2 aromatic rings. The lowest BCUT2D eigenvalue weighted by molar-refractivity contribution is -0.126. The van der Waals surface area contributed by atoms with E-state index in [9.17, 15) is 14.0 Å². The monoisotopic (exact) mass is 384 g/mol. The molecule has 2 amide bonds. The average Bonchev–Trinajstić information content (AvgIpc) is 2.66. The lowest BCUT2D eigenvalue weighted by Crippen LogP contribution is -2.37. The molecule has 0 radical (unpaired) electrons. The number of carbonyl (C=O) groups excluding carboxylic acids is 2. The van der Waals surface area contributed by atoms with E-state index in [1.54, 1.807) is 12.1 Å². The van der Waals surface area contributed by atoms with Gasteiger partial charge in [0.15, 0.2) is 0 Å². The van der Waals surface area contributed by atoms with E-state index in [0.29, 0.717) is 31.7 Å². The zero-order valence-electron chi connectivity index (χ0n) is 16.1. The van der Waals surface area contributed by atoms with Gasteiger partial charge in [-0.25, -0.2) is 4.39 Å². The van der Waals surface area contributed by atoms with Gasteiger partial charge < -0.3 is 15.4 Å². The van der Waals surface area contributed by atoms with Crippen LogP contribution in [0, 0.1) is 17.7 Å². The number of benzene rings is 2. The van der Waals surface area contributed by atoms with Crippen molar-refractivity contribution in [3.8, 4) is 5.75 Å². The SMILES string of the molecule is CC(C)CC(=O)Nc1ccc2c(c1)C[C@@H](C(=O)NCc1ccc(F)cc1)CO2. The van der Waals surface area contributed by atoms with Gasteiger partial charge in [0, 0.05) is 18.7 Å². The van der Waals surface area contributed by atoms with Crippen molar-refractivity contribution >= 4 is 17.5 Å². The molecule has 148 valence electrons. The summed E-state index contributed by atoms with van der Waals surface area (Å²) in [6, 6.07) is 11.5. The van der Waals surface area contributed by atoms with Gasteiger partial charge in [-0.15, -0.1) is 0 Å². The fourth-order valence-electron chi connectivity index (χ4n) is 3.16. The highest BCUT2D eigenvalue weighted by Crippen LogP contribution is 2.30. The standard InChI is InChI=1S/C22H25FN2O3/c1-14(2)9-21(26)25-19-7-8-20-16(11-19)10-17(13-28-20)22(27)24-12-15-3-5-18(23)6-4-15/h3-8,11,14,17H,9-10,12-13H2,1-2H3,(H,24,27)(H,25,26)/t17-/m1/s1. The van der Waals surface area contributed by atoms with Gasteiger partial charge in [0.2, 0.25) is 11.8 Å². The molecule has 0 aliphatic carbocycles. The Labute approximate surface area is 164 Å². The molecule has 0 aromatic heterocycles. The highest BCUT2D eigenvalue weighted by atomic mass is 19.1. The summed E-state index contributed by atoms with van der Waals surface area (Å²) in [7, 11) is 0. The van der Waals surface area contributed by atoms with Crippen LogP contribution in [-0.2, 0) is 22.6 Å². The summed E-state index contributed by atoms with van der Waals surface area (Å²) in [6.45, 7) is 4.64. The molecule has 5 nitrogen and oxygen atoms in total. The van der Waals surface area contributed by atoms with Crippen LogP contribution in [0.4, 0.5) is 10.1 Å². The van der Waals surface area contributed by atoms with Crippen molar-refractivity contribution in [3.05, 3.63) is 59.4 Å². The van der Waals surface area contributed by atoms with Crippen LogP contribution in [0.2, 0.25) is 0 Å². The van der Waals surface area contributed by atoms with Gasteiger partial charge in [0.1, 0.15) is 18.2 Å². The Morgan fingerprint density at radius 2 is 1.93 bits per heavy atom. The molecule has 0 fully saturated rings. The summed E-state index contributed by atoms with van der Waals surface area (Å²) in [5.41, 5.74) is 2.44. The van der Waals surface area contributed by atoms with Gasteiger partial charge in [0.05, 0.1) is 5.92 Å². The van der Waals surface area contributed by atoms with E-state index in [0.717, 1.165) is 16.9 Å². The Balaban J connectivity index is 1.59. The Bertz CT molecular complexity index is 849. The van der Waals surface area contributed by atoms with Gasteiger partial charge in [-0.2, -0.15) is 0 Å². The Morgan fingerprint density at radius 3 is 2.64 bits per heavy atom. The van der Waals surface area contributed by atoms with Crippen molar-refractivity contribution in [1.82, 2.24) is 5.32 Å². The first-order valence-corrected chi connectivity index (χ1v) is 9.48. The summed E-state index contributed by atoms with van der Waals surface area (Å²) < 4.78 is 18.7. The number of ether oxygens (including phenoxy) is 1. The van der Waals surface area contributed by atoms with Gasteiger partial charge in [-0.1, -0.05) is 26.0 Å². The van der Waals surface area contributed by atoms with Crippen LogP contribution >= 0.6 is 0 Å². The van der Waals surface area contributed by atoms with E-state index in [4.69, 9.17) is 4.74 Å². The minimum absolute atomic E-state index is 0.0275. The molecule has 1 atom stereocenters. The van der Waals surface area contributed by atoms with Crippen molar-refractivity contribution in [2.45, 2.75) is 33.2 Å². The van der Waals surface area contributed by atoms with Crippen molar-refractivity contribution < 1.29 is 18.7 Å². The second-order valence-corrected chi connectivity index (χ2v) is 7.52. The fourth-order valence-corrected chi connectivity index (χ4v) is 3.16. The molecule has 2 aromatic carbocycles.